The smallest absolute Gasteiger partial charge is 0.287 e. The molecule has 0 atom stereocenters. The minimum Gasteiger partial charge on any atom is -0.359 e. The fourth-order valence-corrected chi connectivity index (χ4v) is 1.92. The molecule has 1 amide bonds. The Bertz CT molecular complexity index is 582. The van der Waals surface area contributed by atoms with Crippen molar-refractivity contribution in [2.24, 2.45) is 5.84 Å². The zero-order valence-corrected chi connectivity index (χ0v) is 11.7. The Morgan fingerprint density at radius 1 is 1.40 bits per heavy atom. The number of benzene rings is 1. The van der Waals surface area contributed by atoms with Crippen molar-refractivity contribution >= 4 is 17.5 Å². The van der Waals surface area contributed by atoms with Crippen molar-refractivity contribution in [3.05, 3.63) is 52.4 Å². The summed E-state index contributed by atoms with van der Waals surface area (Å²) in [6.07, 6.45) is 0. The third kappa shape index (κ3) is 3.80. The van der Waals surface area contributed by atoms with Gasteiger partial charge < -0.3 is 4.52 Å². The molecule has 106 valence electrons. The van der Waals surface area contributed by atoms with Crippen LogP contribution in [0.25, 0.3) is 0 Å². The van der Waals surface area contributed by atoms with E-state index in [0.29, 0.717) is 17.3 Å². The summed E-state index contributed by atoms with van der Waals surface area (Å²) in [5.41, 5.74) is 3.31. The highest BCUT2D eigenvalue weighted by Crippen LogP contribution is 2.13. The van der Waals surface area contributed by atoms with Crippen molar-refractivity contribution in [1.82, 2.24) is 15.5 Å². The minimum absolute atomic E-state index is 0.169. The Hall–Kier alpha value is -1.89. The summed E-state index contributed by atoms with van der Waals surface area (Å²) in [6, 6.07) is 9.20. The van der Waals surface area contributed by atoms with Gasteiger partial charge in [-0.15, -0.1) is 0 Å². The van der Waals surface area contributed by atoms with E-state index in [0.717, 1.165) is 12.1 Å². The van der Waals surface area contributed by atoms with E-state index in [-0.39, 0.29) is 5.69 Å². The molecule has 1 heterocycles. The van der Waals surface area contributed by atoms with E-state index in [4.69, 9.17) is 22.0 Å². The summed E-state index contributed by atoms with van der Waals surface area (Å²) < 4.78 is 5.09. The Morgan fingerprint density at radius 2 is 2.10 bits per heavy atom. The molecule has 2 aromatic rings. The van der Waals surface area contributed by atoms with Gasteiger partial charge in [-0.05, 0) is 24.7 Å². The van der Waals surface area contributed by atoms with Crippen LogP contribution in [-0.4, -0.2) is 23.0 Å². The van der Waals surface area contributed by atoms with Crippen LogP contribution in [0.4, 0.5) is 0 Å². The van der Waals surface area contributed by atoms with Crippen LogP contribution in [0.15, 0.2) is 34.9 Å². The molecule has 1 aromatic carbocycles. The van der Waals surface area contributed by atoms with Gasteiger partial charge in [0.25, 0.3) is 5.91 Å². The second-order valence-electron chi connectivity index (χ2n) is 4.45. The third-order valence-corrected chi connectivity index (χ3v) is 2.97. The van der Waals surface area contributed by atoms with E-state index in [9.17, 15) is 4.79 Å². The second-order valence-corrected chi connectivity index (χ2v) is 4.89. The first kappa shape index (κ1) is 14.5. The quantitative estimate of drug-likeness (QED) is 0.497. The Morgan fingerprint density at radius 3 is 2.75 bits per heavy atom. The number of halogens is 1. The average Bonchev–Trinajstić information content (AvgIpc) is 2.89. The molecule has 0 fully saturated rings. The summed E-state index contributed by atoms with van der Waals surface area (Å²) in [7, 11) is 1.94. The number of nitrogens with one attached hydrogen (secondary N) is 1. The summed E-state index contributed by atoms with van der Waals surface area (Å²) >= 11 is 5.84. The predicted molar refractivity (Wildman–Crippen MR) is 74.8 cm³/mol. The van der Waals surface area contributed by atoms with Gasteiger partial charge in [-0.3, -0.25) is 15.1 Å². The average molecular weight is 295 g/mol. The van der Waals surface area contributed by atoms with Crippen LogP contribution in [0.3, 0.4) is 0 Å². The van der Waals surface area contributed by atoms with Crippen molar-refractivity contribution in [2.45, 2.75) is 13.1 Å². The van der Waals surface area contributed by atoms with Gasteiger partial charge in [0.1, 0.15) is 0 Å². The number of nitrogens with zero attached hydrogens (tertiary/aromatic N) is 2. The Balaban J connectivity index is 1.94. The predicted octanol–water partition coefficient (Wildman–Crippen LogP) is 1.56. The monoisotopic (exact) mass is 294 g/mol. The normalized spacial score (nSPS) is 10.8. The molecule has 0 bridgehead atoms. The number of nitrogen functional groups attached to an aromatic ring is 1. The van der Waals surface area contributed by atoms with Crippen LogP contribution in [-0.2, 0) is 13.1 Å². The van der Waals surface area contributed by atoms with E-state index in [1.54, 1.807) is 6.07 Å². The number of carbonyl (C=O) groups is 1. The number of aromatic nitrogens is 1. The van der Waals surface area contributed by atoms with E-state index in [1.165, 1.54) is 0 Å². The maximum Gasteiger partial charge on any atom is 0.287 e. The highest BCUT2D eigenvalue weighted by Gasteiger charge is 2.12. The number of amides is 1. The molecule has 20 heavy (non-hydrogen) atoms. The molecule has 0 radical (unpaired) electrons. The van der Waals surface area contributed by atoms with Crippen LogP contribution >= 0.6 is 11.6 Å². The highest BCUT2D eigenvalue weighted by atomic mass is 35.5. The molecule has 0 aliphatic rings. The van der Waals surface area contributed by atoms with Gasteiger partial charge in [-0.1, -0.05) is 28.9 Å². The molecular weight excluding hydrogens is 280 g/mol. The van der Waals surface area contributed by atoms with Crippen LogP contribution in [0.5, 0.6) is 0 Å². The maximum absolute atomic E-state index is 11.3. The number of nitrogens with two attached hydrogens (primary N) is 1. The number of hydrogen-bond donors (Lipinski definition) is 2. The third-order valence-electron chi connectivity index (χ3n) is 2.71. The molecule has 3 N–H and O–H groups in total. The molecule has 7 heteroatoms. The van der Waals surface area contributed by atoms with Crippen molar-refractivity contribution < 1.29 is 9.32 Å². The van der Waals surface area contributed by atoms with Crippen molar-refractivity contribution in [1.29, 1.82) is 0 Å². The number of carbonyl (C=O) groups excluding carboxylic acids is 1. The van der Waals surface area contributed by atoms with Crippen LogP contribution in [0, 0.1) is 0 Å². The van der Waals surface area contributed by atoms with Gasteiger partial charge in [0.2, 0.25) is 0 Å². The SMILES string of the molecule is CN(Cc1ccc(Cl)cc1)Cc1cc(C(=O)NN)no1. The number of hydrogen-bond acceptors (Lipinski definition) is 5. The zero-order chi connectivity index (χ0) is 14.5. The topological polar surface area (TPSA) is 84.4 Å². The molecule has 0 saturated heterocycles. The van der Waals surface area contributed by atoms with E-state index >= 15 is 0 Å². The zero-order valence-electron chi connectivity index (χ0n) is 11.0. The first-order valence-electron chi connectivity index (χ1n) is 5.98. The second kappa shape index (κ2) is 6.51. The molecule has 0 aliphatic heterocycles. The summed E-state index contributed by atoms with van der Waals surface area (Å²) in [5.74, 6) is 5.15. The number of rotatable bonds is 5. The van der Waals surface area contributed by atoms with E-state index < -0.39 is 5.91 Å². The maximum atomic E-state index is 11.3. The molecule has 0 unspecified atom stereocenters. The standard InChI is InChI=1S/C13H15ClN4O2/c1-18(7-9-2-4-10(14)5-3-9)8-11-6-12(17-20-11)13(19)16-15/h2-6H,7-8,15H2,1H3,(H,16,19). The van der Waals surface area contributed by atoms with Gasteiger partial charge in [0.15, 0.2) is 11.5 Å². The fraction of sp³-hybridized carbons (Fsp3) is 0.231. The lowest BCUT2D eigenvalue weighted by atomic mass is 10.2. The van der Waals surface area contributed by atoms with Gasteiger partial charge in [0, 0.05) is 17.6 Å². The van der Waals surface area contributed by atoms with Crippen LogP contribution in [0.2, 0.25) is 5.02 Å². The minimum atomic E-state index is -0.472. The lowest BCUT2D eigenvalue weighted by Crippen LogP contribution is -2.30. The Labute approximate surface area is 121 Å². The molecule has 2 rings (SSSR count). The van der Waals surface area contributed by atoms with Crippen molar-refractivity contribution in [3.8, 4) is 0 Å². The fourth-order valence-electron chi connectivity index (χ4n) is 1.79. The van der Waals surface area contributed by atoms with Gasteiger partial charge in [-0.2, -0.15) is 0 Å². The Kier molecular flexibility index (Phi) is 4.73. The molecular formula is C13H15ClN4O2. The molecule has 1 aromatic heterocycles. The summed E-state index contributed by atoms with van der Waals surface area (Å²) in [4.78, 5) is 13.3. The van der Waals surface area contributed by atoms with Crippen molar-refractivity contribution in [2.75, 3.05) is 7.05 Å². The van der Waals surface area contributed by atoms with Crippen molar-refractivity contribution in [3.63, 3.8) is 0 Å². The lowest BCUT2D eigenvalue weighted by Gasteiger charge is -2.14. The highest BCUT2D eigenvalue weighted by molar-refractivity contribution is 6.30. The first-order chi connectivity index (χ1) is 9.58. The lowest BCUT2D eigenvalue weighted by molar-refractivity contribution is 0.0944. The van der Waals surface area contributed by atoms with Gasteiger partial charge in [0.05, 0.1) is 6.54 Å². The van der Waals surface area contributed by atoms with Crippen LogP contribution < -0.4 is 11.3 Å². The largest absolute Gasteiger partial charge is 0.359 e. The van der Waals surface area contributed by atoms with E-state index in [1.807, 2.05) is 41.6 Å². The van der Waals surface area contributed by atoms with Crippen LogP contribution in [0.1, 0.15) is 21.8 Å². The molecule has 0 saturated carbocycles. The van der Waals surface area contributed by atoms with E-state index in [2.05, 4.69) is 5.16 Å². The number of hydrazine groups is 1. The van der Waals surface area contributed by atoms with Gasteiger partial charge >= 0.3 is 0 Å². The summed E-state index contributed by atoms with van der Waals surface area (Å²) in [6.45, 7) is 1.27. The molecule has 0 spiro atoms. The molecule has 0 aliphatic carbocycles. The van der Waals surface area contributed by atoms with Gasteiger partial charge in [-0.25, -0.2) is 5.84 Å². The molecule has 6 nitrogen and oxygen atoms in total. The summed E-state index contributed by atoms with van der Waals surface area (Å²) in [5, 5.41) is 4.36. The first-order valence-corrected chi connectivity index (χ1v) is 6.36.